The fraction of sp³-hybridized carbons (Fsp3) is 0.167. The van der Waals surface area contributed by atoms with E-state index < -0.39 is 30.4 Å². The number of ether oxygens (including phenoxy) is 2. The van der Waals surface area contributed by atoms with Gasteiger partial charge in [0.05, 0.1) is 18.8 Å². The average Bonchev–Trinajstić information content (AvgIpc) is 2.77. The highest BCUT2D eigenvalue weighted by atomic mass is 79.9. The number of imide groups is 2. The van der Waals surface area contributed by atoms with Crippen molar-refractivity contribution in [3.05, 3.63) is 69.7 Å². The number of aliphatic carboxylic acids is 1. The van der Waals surface area contributed by atoms with Crippen molar-refractivity contribution in [2.24, 2.45) is 0 Å². The first-order valence-corrected chi connectivity index (χ1v) is 10.8. The van der Waals surface area contributed by atoms with Gasteiger partial charge in [-0.2, -0.15) is 0 Å². The number of barbiturate groups is 1. The molecule has 2 aromatic rings. The van der Waals surface area contributed by atoms with Crippen LogP contribution in [0.1, 0.15) is 16.7 Å². The number of urea groups is 1. The normalized spacial score (nSPS) is 14.7. The number of carboxylic acids is 1. The minimum absolute atomic E-state index is 0.176. The third-order valence-corrected chi connectivity index (χ3v) is 5.77. The topological polar surface area (TPSA) is 125 Å². The van der Waals surface area contributed by atoms with Crippen molar-refractivity contribution in [2.45, 2.75) is 13.3 Å². The van der Waals surface area contributed by atoms with E-state index in [4.69, 9.17) is 9.47 Å². The summed E-state index contributed by atoms with van der Waals surface area (Å²) in [5.74, 6) is -2.68. The molecule has 0 spiro atoms. The number of amides is 4. The first kappa shape index (κ1) is 24.7. The Hall–Kier alpha value is -3.92. The van der Waals surface area contributed by atoms with Crippen LogP contribution in [-0.2, 0) is 20.8 Å². The number of hydrogen-bond acceptors (Lipinski definition) is 7. The number of hydrogen-bond donors (Lipinski definition) is 1. The first-order valence-electron chi connectivity index (χ1n) is 9.98. The van der Waals surface area contributed by atoms with Crippen LogP contribution >= 0.6 is 15.9 Å². The Morgan fingerprint density at radius 2 is 1.97 bits per heavy atom. The van der Waals surface area contributed by atoms with Gasteiger partial charge in [-0.3, -0.25) is 14.9 Å². The third-order valence-electron chi connectivity index (χ3n) is 4.89. The van der Waals surface area contributed by atoms with E-state index >= 15 is 0 Å². The highest BCUT2D eigenvalue weighted by Crippen LogP contribution is 2.35. The summed E-state index contributed by atoms with van der Waals surface area (Å²) in [6, 6.07) is 7.15. The van der Waals surface area contributed by atoms with E-state index in [1.54, 1.807) is 37.3 Å². The van der Waals surface area contributed by atoms with Gasteiger partial charge >= 0.3 is 6.03 Å². The summed E-state index contributed by atoms with van der Waals surface area (Å²) in [5, 5.41) is 13.0. The van der Waals surface area contributed by atoms with Crippen molar-refractivity contribution in [2.75, 3.05) is 18.6 Å². The van der Waals surface area contributed by atoms with Gasteiger partial charge in [0.15, 0.2) is 11.5 Å². The van der Waals surface area contributed by atoms with Gasteiger partial charge in [-0.25, -0.2) is 9.69 Å². The van der Waals surface area contributed by atoms with Crippen molar-refractivity contribution in [1.82, 2.24) is 5.32 Å². The number of nitrogens with zero attached hydrogens (tertiary/aromatic N) is 1. The molecule has 9 nitrogen and oxygen atoms in total. The molecule has 176 valence electrons. The number of aryl methyl sites for hydroxylation is 1. The molecule has 0 atom stereocenters. The molecule has 4 amide bonds. The van der Waals surface area contributed by atoms with Crippen LogP contribution < -0.4 is 24.8 Å². The summed E-state index contributed by atoms with van der Waals surface area (Å²) in [7, 11) is 1.37. The molecule has 1 N–H and O–H groups in total. The predicted molar refractivity (Wildman–Crippen MR) is 125 cm³/mol. The third kappa shape index (κ3) is 5.18. The lowest BCUT2D eigenvalue weighted by molar-refractivity contribution is -0.307. The van der Waals surface area contributed by atoms with E-state index in [0.29, 0.717) is 23.2 Å². The molecule has 1 aliphatic heterocycles. The minimum atomic E-state index is -1.41. The average molecular weight is 528 g/mol. The number of carboxylic acid groups (broad SMARTS) is 1. The van der Waals surface area contributed by atoms with Crippen molar-refractivity contribution >= 4 is 51.5 Å². The Morgan fingerprint density at radius 3 is 2.59 bits per heavy atom. The molecule has 0 radical (unpaired) electrons. The Bertz CT molecular complexity index is 1240. The molecule has 0 bridgehead atoms. The molecule has 0 aromatic heterocycles. The van der Waals surface area contributed by atoms with Gasteiger partial charge in [0.2, 0.25) is 0 Å². The zero-order valence-corrected chi connectivity index (χ0v) is 19.9. The minimum Gasteiger partial charge on any atom is -0.546 e. The molecule has 1 fully saturated rings. The quantitative estimate of drug-likeness (QED) is 0.317. The van der Waals surface area contributed by atoms with Crippen LogP contribution in [-0.4, -0.2) is 37.5 Å². The molecule has 0 aliphatic carbocycles. The Morgan fingerprint density at radius 1 is 1.24 bits per heavy atom. The maximum atomic E-state index is 13.2. The summed E-state index contributed by atoms with van der Waals surface area (Å²) in [5.41, 5.74) is 1.75. The van der Waals surface area contributed by atoms with E-state index in [9.17, 15) is 24.3 Å². The summed E-state index contributed by atoms with van der Waals surface area (Å²) >= 11 is 3.37. The second-order valence-electron chi connectivity index (χ2n) is 7.26. The largest absolute Gasteiger partial charge is 0.546 e. The van der Waals surface area contributed by atoms with Crippen molar-refractivity contribution in [3.63, 3.8) is 0 Å². The second-order valence-corrected chi connectivity index (χ2v) is 8.11. The monoisotopic (exact) mass is 527 g/mol. The zero-order valence-electron chi connectivity index (χ0n) is 18.3. The highest BCUT2D eigenvalue weighted by Gasteiger charge is 2.37. The summed E-state index contributed by atoms with van der Waals surface area (Å²) in [4.78, 5) is 49.9. The Labute approximate surface area is 203 Å². The van der Waals surface area contributed by atoms with Crippen molar-refractivity contribution < 1.29 is 33.8 Å². The molecule has 1 heterocycles. The molecular formula is C24H20BrN2O7-. The fourth-order valence-electron chi connectivity index (χ4n) is 3.35. The lowest BCUT2D eigenvalue weighted by atomic mass is 10.0. The number of methoxy groups -OCH3 is 1. The number of anilines is 1. The Kier molecular flexibility index (Phi) is 7.52. The molecule has 34 heavy (non-hydrogen) atoms. The van der Waals surface area contributed by atoms with Crippen LogP contribution in [0, 0.1) is 6.92 Å². The standard InChI is InChI=1S/C24H21BrN2O7/c1-4-5-15-9-14(11-19(33-3)21(15)34-12-20(28)29)10-17-22(30)26-24(32)27(23(17)31)16-6-7-18(25)13(2)8-16/h4,6-11H,1,5,12H2,2-3H3,(H,28,29)(H,26,30,32)/p-1/b17-10+. The first-order chi connectivity index (χ1) is 16.2. The van der Waals surface area contributed by atoms with E-state index in [1.807, 2.05) is 0 Å². The summed E-state index contributed by atoms with van der Waals surface area (Å²) in [6.07, 6.45) is 3.19. The molecule has 0 unspecified atom stereocenters. The van der Waals surface area contributed by atoms with Gasteiger partial charge < -0.3 is 19.4 Å². The summed E-state index contributed by atoms with van der Waals surface area (Å²) < 4.78 is 11.4. The highest BCUT2D eigenvalue weighted by molar-refractivity contribution is 9.10. The number of rotatable bonds is 8. The number of halogens is 1. The van der Waals surface area contributed by atoms with Crippen molar-refractivity contribution in [1.29, 1.82) is 0 Å². The predicted octanol–water partition coefficient (Wildman–Crippen LogP) is 2.29. The van der Waals surface area contributed by atoms with Crippen LogP contribution in [0.15, 0.2) is 53.0 Å². The van der Waals surface area contributed by atoms with E-state index in [0.717, 1.165) is 14.9 Å². The van der Waals surface area contributed by atoms with Crippen LogP contribution in [0.4, 0.5) is 10.5 Å². The van der Waals surface area contributed by atoms with Crippen LogP contribution in [0.3, 0.4) is 0 Å². The maximum Gasteiger partial charge on any atom is 0.335 e. The lowest BCUT2D eigenvalue weighted by Crippen LogP contribution is -2.54. The van der Waals surface area contributed by atoms with E-state index in [-0.39, 0.29) is 17.1 Å². The van der Waals surface area contributed by atoms with Gasteiger partial charge in [0.25, 0.3) is 11.8 Å². The molecule has 1 aliphatic rings. The Balaban J connectivity index is 2.06. The molecule has 3 rings (SSSR count). The number of nitrogens with one attached hydrogen (secondary N) is 1. The maximum absolute atomic E-state index is 13.2. The zero-order chi connectivity index (χ0) is 25.0. The molecule has 1 saturated heterocycles. The van der Waals surface area contributed by atoms with Crippen LogP contribution in [0.25, 0.3) is 6.08 Å². The smallest absolute Gasteiger partial charge is 0.335 e. The van der Waals surface area contributed by atoms with Gasteiger partial charge in [-0.1, -0.05) is 22.0 Å². The summed E-state index contributed by atoms with van der Waals surface area (Å²) in [6.45, 7) is 4.79. The van der Waals surface area contributed by atoms with Crippen molar-refractivity contribution in [3.8, 4) is 11.5 Å². The van der Waals surface area contributed by atoms with Gasteiger partial charge in [-0.15, -0.1) is 6.58 Å². The second kappa shape index (κ2) is 10.3. The van der Waals surface area contributed by atoms with Gasteiger partial charge in [-0.05, 0) is 60.9 Å². The number of allylic oxidation sites excluding steroid dienone is 1. The number of carbonyl (C=O) groups excluding carboxylic acids is 4. The van der Waals surface area contributed by atoms with Gasteiger partial charge in [0.1, 0.15) is 12.2 Å². The van der Waals surface area contributed by atoms with E-state index in [2.05, 4.69) is 27.8 Å². The van der Waals surface area contributed by atoms with Crippen LogP contribution in [0.2, 0.25) is 0 Å². The number of benzene rings is 2. The SMILES string of the molecule is C=CCc1cc(/C=C2\C(=O)NC(=O)N(c3ccc(Br)c(C)c3)C2=O)cc(OC)c1OCC(=O)[O-]. The molecule has 0 saturated carbocycles. The number of carbonyl (C=O) groups is 4. The molecular weight excluding hydrogens is 508 g/mol. The van der Waals surface area contributed by atoms with Gasteiger partial charge in [0, 0.05) is 10.0 Å². The van der Waals surface area contributed by atoms with Crippen LogP contribution in [0.5, 0.6) is 11.5 Å². The van der Waals surface area contributed by atoms with E-state index in [1.165, 1.54) is 19.3 Å². The molecule has 2 aromatic carbocycles. The molecule has 10 heteroatoms. The fourth-order valence-corrected chi connectivity index (χ4v) is 3.59. The lowest BCUT2D eigenvalue weighted by Gasteiger charge is -2.27.